The summed E-state index contributed by atoms with van der Waals surface area (Å²) in [6.07, 6.45) is 0. The van der Waals surface area contributed by atoms with Gasteiger partial charge in [0.1, 0.15) is 5.60 Å². The minimum absolute atomic E-state index is 0. The molecule has 2 nitrogen and oxygen atoms in total. The summed E-state index contributed by atoms with van der Waals surface area (Å²) in [7, 11) is 0. The van der Waals surface area contributed by atoms with Gasteiger partial charge < -0.3 is 4.74 Å². The van der Waals surface area contributed by atoms with Gasteiger partial charge in [0.05, 0.1) is 5.56 Å². The van der Waals surface area contributed by atoms with Crippen LogP contribution in [-0.2, 0) is 15.8 Å². The summed E-state index contributed by atoms with van der Waals surface area (Å²) in [5.41, 5.74) is 7.09. The first-order valence-corrected chi connectivity index (χ1v) is 9.34. The molecule has 5 rings (SSSR count). The van der Waals surface area contributed by atoms with Crippen LogP contribution in [0.3, 0.4) is 0 Å². The van der Waals surface area contributed by atoms with Gasteiger partial charge in [0, 0.05) is 11.0 Å². The number of benzene rings is 3. The third-order valence-corrected chi connectivity index (χ3v) is 5.63. The van der Waals surface area contributed by atoms with Gasteiger partial charge in [-0.1, -0.05) is 88.0 Å². The van der Waals surface area contributed by atoms with E-state index in [1.54, 1.807) is 6.07 Å². The molecule has 1 aliphatic carbocycles. The molecule has 0 unspecified atom stereocenters. The molecule has 0 aromatic heterocycles. The SMILES string of the molecule is C.CC1(C)OC(=O)c2ccccc21.CC1(C)c2ccccc2-c2ccccc21. The standard InChI is InChI=1S/C15H14.C10H10O2.CH4/c1-15(2)13-9-5-3-7-11(13)12-8-4-6-10-14(12)15;1-10(2)8-6-4-3-5-7(8)9(11)12-10;/h3-10H,1-2H3;3-6H,1-2H3;1H4. The van der Waals surface area contributed by atoms with Crippen LogP contribution >= 0.6 is 0 Å². The molecule has 3 aromatic rings. The normalized spacial score (nSPS) is 16.5. The van der Waals surface area contributed by atoms with Gasteiger partial charge in [-0.25, -0.2) is 4.79 Å². The van der Waals surface area contributed by atoms with Crippen LogP contribution < -0.4 is 0 Å². The number of hydrogen-bond acceptors (Lipinski definition) is 2. The number of hydrogen-bond donors (Lipinski definition) is 0. The van der Waals surface area contributed by atoms with Crippen molar-refractivity contribution in [2.75, 3.05) is 0 Å². The first kappa shape index (κ1) is 19.9. The van der Waals surface area contributed by atoms with Crippen LogP contribution in [-0.4, -0.2) is 5.97 Å². The summed E-state index contributed by atoms with van der Waals surface area (Å²) in [4.78, 5) is 11.3. The summed E-state index contributed by atoms with van der Waals surface area (Å²) in [5.74, 6) is -0.212. The Kier molecular flexibility index (Phi) is 4.93. The number of carbonyl (C=O) groups is 1. The topological polar surface area (TPSA) is 26.3 Å². The second-order valence-electron chi connectivity index (χ2n) is 8.16. The zero-order chi connectivity index (χ0) is 19.2. The smallest absolute Gasteiger partial charge is 0.339 e. The molecule has 0 bridgehead atoms. The molecular weight excluding hydrogens is 344 g/mol. The van der Waals surface area contributed by atoms with Crippen molar-refractivity contribution in [3.63, 3.8) is 0 Å². The Morgan fingerprint density at radius 1 is 0.607 bits per heavy atom. The molecule has 0 radical (unpaired) electrons. The Balaban J connectivity index is 0.000000159. The largest absolute Gasteiger partial charge is 0.451 e. The second kappa shape index (κ2) is 6.94. The van der Waals surface area contributed by atoms with E-state index in [2.05, 4.69) is 62.4 Å². The highest BCUT2D eigenvalue weighted by atomic mass is 16.6. The molecule has 0 saturated carbocycles. The molecule has 0 amide bonds. The van der Waals surface area contributed by atoms with Crippen molar-refractivity contribution in [1.29, 1.82) is 0 Å². The third kappa shape index (κ3) is 3.03. The van der Waals surface area contributed by atoms with E-state index in [-0.39, 0.29) is 18.8 Å². The van der Waals surface area contributed by atoms with Crippen LogP contribution in [0.25, 0.3) is 11.1 Å². The van der Waals surface area contributed by atoms with Gasteiger partial charge in [-0.15, -0.1) is 0 Å². The summed E-state index contributed by atoms with van der Waals surface area (Å²) < 4.78 is 5.18. The lowest BCUT2D eigenvalue weighted by Crippen LogP contribution is -2.15. The highest BCUT2D eigenvalue weighted by Gasteiger charge is 2.37. The second-order valence-corrected chi connectivity index (χ2v) is 8.16. The number of ether oxygens (including phenoxy) is 1. The summed E-state index contributed by atoms with van der Waals surface area (Å²) >= 11 is 0. The molecule has 28 heavy (non-hydrogen) atoms. The van der Waals surface area contributed by atoms with E-state index >= 15 is 0 Å². The summed E-state index contributed by atoms with van der Waals surface area (Å²) in [6, 6.07) is 24.9. The maximum absolute atomic E-state index is 11.3. The van der Waals surface area contributed by atoms with Gasteiger partial charge in [-0.2, -0.15) is 0 Å². The molecule has 0 atom stereocenters. The van der Waals surface area contributed by atoms with E-state index in [1.807, 2.05) is 32.0 Å². The predicted molar refractivity (Wildman–Crippen MR) is 116 cm³/mol. The maximum Gasteiger partial charge on any atom is 0.339 e. The Labute approximate surface area is 168 Å². The van der Waals surface area contributed by atoms with Crippen LogP contribution in [0.15, 0.2) is 72.8 Å². The van der Waals surface area contributed by atoms with E-state index in [1.165, 1.54) is 22.3 Å². The van der Waals surface area contributed by atoms with Crippen molar-refractivity contribution in [3.05, 3.63) is 95.1 Å². The predicted octanol–water partition coefficient (Wildman–Crippen LogP) is 6.72. The third-order valence-electron chi connectivity index (χ3n) is 5.63. The minimum atomic E-state index is -0.451. The quantitative estimate of drug-likeness (QED) is 0.409. The maximum atomic E-state index is 11.3. The molecule has 2 heteroatoms. The van der Waals surface area contributed by atoms with Crippen LogP contribution in [0.2, 0.25) is 0 Å². The average Bonchev–Trinajstić information content (AvgIpc) is 3.05. The molecule has 1 aliphatic heterocycles. The molecule has 0 spiro atoms. The van der Waals surface area contributed by atoms with Gasteiger partial charge in [-0.3, -0.25) is 0 Å². The fourth-order valence-corrected chi connectivity index (χ4v) is 4.20. The van der Waals surface area contributed by atoms with E-state index < -0.39 is 5.60 Å². The van der Waals surface area contributed by atoms with E-state index in [0.717, 1.165) is 5.56 Å². The first-order chi connectivity index (χ1) is 12.8. The van der Waals surface area contributed by atoms with E-state index in [0.29, 0.717) is 5.56 Å². The molecule has 2 aliphatic rings. The minimum Gasteiger partial charge on any atom is -0.451 e. The Hall–Kier alpha value is -2.87. The first-order valence-electron chi connectivity index (χ1n) is 9.34. The van der Waals surface area contributed by atoms with Crippen molar-refractivity contribution < 1.29 is 9.53 Å². The molecule has 0 saturated heterocycles. The van der Waals surface area contributed by atoms with E-state index in [9.17, 15) is 4.79 Å². The van der Waals surface area contributed by atoms with Crippen LogP contribution in [0.5, 0.6) is 0 Å². The highest BCUT2D eigenvalue weighted by Crippen LogP contribution is 2.48. The summed E-state index contributed by atoms with van der Waals surface area (Å²) in [6.45, 7) is 8.41. The van der Waals surface area contributed by atoms with Crippen LogP contribution in [0.4, 0.5) is 0 Å². The zero-order valence-electron chi connectivity index (χ0n) is 16.2. The van der Waals surface area contributed by atoms with Crippen molar-refractivity contribution in [3.8, 4) is 11.1 Å². The lowest BCUT2D eigenvalue weighted by molar-refractivity contribution is 0.00954. The van der Waals surface area contributed by atoms with Gasteiger partial charge >= 0.3 is 5.97 Å². The van der Waals surface area contributed by atoms with Gasteiger partial charge in [-0.05, 0) is 42.2 Å². The van der Waals surface area contributed by atoms with Crippen molar-refractivity contribution in [1.82, 2.24) is 0 Å². The summed E-state index contributed by atoms with van der Waals surface area (Å²) in [5, 5.41) is 0. The number of carbonyl (C=O) groups excluding carboxylic acids is 1. The highest BCUT2D eigenvalue weighted by molar-refractivity contribution is 5.94. The molecule has 0 fully saturated rings. The number of fused-ring (bicyclic) bond motifs is 4. The lowest BCUT2D eigenvalue weighted by Gasteiger charge is -2.20. The molecule has 1 heterocycles. The van der Waals surface area contributed by atoms with Crippen molar-refractivity contribution >= 4 is 5.97 Å². The monoisotopic (exact) mass is 372 g/mol. The van der Waals surface area contributed by atoms with Gasteiger partial charge in [0.25, 0.3) is 0 Å². The van der Waals surface area contributed by atoms with E-state index in [4.69, 9.17) is 4.74 Å². The van der Waals surface area contributed by atoms with Gasteiger partial charge in [0.2, 0.25) is 0 Å². The number of rotatable bonds is 0. The Morgan fingerprint density at radius 3 is 1.46 bits per heavy atom. The fourth-order valence-electron chi connectivity index (χ4n) is 4.20. The van der Waals surface area contributed by atoms with Crippen molar-refractivity contribution in [2.45, 2.75) is 46.1 Å². The average molecular weight is 373 g/mol. The lowest BCUT2D eigenvalue weighted by atomic mass is 9.82. The number of cyclic esters (lactones) is 1. The fraction of sp³-hybridized carbons (Fsp3) is 0.269. The Morgan fingerprint density at radius 2 is 1.00 bits per heavy atom. The van der Waals surface area contributed by atoms with Crippen LogP contribution in [0.1, 0.15) is 62.2 Å². The zero-order valence-corrected chi connectivity index (χ0v) is 16.2. The van der Waals surface area contributed by atoms with Crippen LogP contribution in [0, 0.1) is 0 Å². The van der Waals surface area contributed by atoms with Crippen molar-refractivity contribution in [2.24, 2.45) is 0 Å². The number of esters is 1. The molecule has 3 aromatic carbocycles. The molecular formula is C26H28O2. The molecule has 0 N–H and O–H groups in total. The Bertz CT molecular complexity index is 980. The molecule has 144 valence electrons. The van der Waals surface area contributed by atoms with Gasteiger partial charge in [0.15, 0.2) is 0 Å².